The smallest absolute Gasteiger partial charge is 0.249 e. The summed E-state index contributed by atoms with van der Waals surface area (Å²) in [5.74, 6) is -1.04. The molecule has 0 radical (unpaired) electrons. The highest BCUT2D eigenvalue weighted by atomic mass is 16.5. The summed E-state index contributed by atoms with van der Waals surface area (Å²) in [4.78, 5) is 38.4. The maximum atomic E-state index is 12.8. The van der Waals surface area contributed by atoms with Crippen LogP contribution < -0.4 is 5.48 Å². The molecule has 0 unspecified atom stereocenters. The molecule has 0 aromatic heterocycles. The van der Waals surface area contributed by atoms with Crippen LogP contribution in [-0.2, 0) is 14.4 Å². The third kappa shape index (κ3) is 2.89. The number of nitrogens with one attached hydrogen (secondary N) is 1. The van der Waals surface area contributed by atoms with Gasteiger partial charge >= 0.3 is 0 Å². The van der Waals surface area contributed by atoms with E-state index in [1.165, 1.54) is 5.57 Å². The predicted molar refractivity (Wildman–Crippen MR) is 136 cm³/mol. The highest BCUT2D eigenvalue weighted by Crippen LogP contribution is 2.75. The largest absolute Gasteiger partial charge is 0.395 e. The van der Waals surface area contributed by atoms with Gasteiger partial charge in [-0.05, 0) is 91.3 Å². The Morgan fingerprint density at radius 2 is 1.61 bits per heavy atom. The third-order valence-corrected chi connectivity index (χ3v) is 12.2. The van der Waals surface area contributed by atoms with Crippen LogP contribution in [0, 0.1) is 38.4 Å². The molecule has 5 aliphatic rings. The van der Waals surface area contributed by atoms with E-state index in [0.717, 1.165) is 56.1 Å². The number of amides is 1. The van der Waals surface area contributed by atoms with Gasteiger partial charge in [0.2, 0.25) is 17.5 Å². The van der Waals surface area contributed by atoms with E-state index in [2.05, 4.69) is 33.8 Å². The maximum Gasteiger partial charge on any atom is 0.249 e. The van der Waals surface area contributed by atoms with Crippen LogP contribution in [-0.4, -0.2) is 34.4 Å². The molecule has 6 heteroatoms. The number of rotatable bonds is 2. The van der Waals surface area contributed by atoms with Crippen LogP contribution in [0.2, 0.25) is 0 Å². The number of fused-ring (bicyclic) bond motifs is 7. The first kappa shape index (κ1) is 25.6. The van der Waals surface area contributed by atoms with Crippen molar-refractivity contribution in [3.05, 3.63) is 34.9 Å². The molecular formula is C30H41NO5. The topological polar surface area (TPSA) is 104 Å². The van der Waals surface area contributed by atoms with Crippen LogP contribution >= 0.6 is 0 Å². The van der Waals surface area contributed by atoms with Crippen LogP contribution in [0.5, 0.6) is 0 Å². The normalized spacial score (nSPS) is 47.9. The summed E-state index contributed by atoms with van der Waals surface area (Å²) in [6, 6.07) is 0. The van der Waals surface area contributed by atoms with Crippen molar-refractivity contribution in [3.63, 3.8) is 0 Å². The summed E-state index contributed by atoms with van der Waals surface area (Å²) in [7, 11) is 0. The fourth-order valence-corrected chi connectivity index (χ4v) is 9.19. The number of Topliss-reactive ketones (excluding diaryl/α,β-unsaturated/α-hetero) is 1. The number of ketones is 2. The van der Waals surface area contributed by atoms with Gasteiger partial charge in [0.25, 0.3) is 0 Å². The molecule has 36 heavy (non-hydrogen) atoms. The number of allylic oxidation sites excluding steroid dienone is 5. The van der Waals surface area contributed by atoms with Crippen LogP contribution in [0.4, 0.5) is 0 Å². The van der Waals surface area contributed by atoms with Gasteiger partial charge in [-0.1, -0.05) is 52.3 Å². The predicted octanol–water partition coefficient (Wildman–Crippen LogP) is 4.85. The van der Waals surface area contributed by atoms with E-state index in [1.807, 2.05) is 18.5 Å². The van der Waals surface area contributed by atoms with Crippen molar-refractivity contribution < 1.29 is 24.7 Å². The molecule has 0 aromatic rings. The lowest BCUT2D eigenvalue weighted by Crippen LogP contribution is -2.63. The molecule has 0 aromatic carbocycles. The molecule has 196 valence electrons. The molecule has 3 saturated carbocycles. The summed E-state index contributed by atoms with van der Waals surface area (Å²) in [6.45, 7) is 12.7. The second-order valence-electron chi connectivity index (χ2n) is 13.9. The lowest BCUT2D eigenvalue weighted by Gasteiger charge is -2.70. The Kier molecular flexibility index (Phi) is 5.33. The molecule has 3 N–H and O–H groups in total. The summed E-state index contributed by atoms with van der Waals surface area (Å²) in [6.07, 6.45) is 12.1. The van der Waals surface area contributed by atoms with Gasteiger partial charge in [0.05, 0.1) is 12.0 Å². The molecule has 5 rings (SSSR count). The Balaban J connectivity index is 1.64. The van der Waals surface area contributed by atoms with E-state index in [1.54, 1.807) is 13.0 Å². The summed E-state index contributed by atoms with van der Waals surface area (Å²) >= 11 is 0. The lowest BCUT2D eigenvalue weighted by atomic mass is 9.34. The van der Waals surface area contributed by atoms with Crippen molar-refractivity contribution in [1.29, 1.82) is 0 Å². The van der Waals surface area contributed by atoms with Gasteiger partial charge in [0.1, 0.15) is 0 Å². The van der Waals surface area contributed by atoms with E-state index in [9.17, 15) is 24.7 Å². The molecule has 1 amide bonds. The highest BCUT2D eigenvalue weighted by molar-refractivity contribution is 6.45. The lowest BCUT2D eigenvalue weighted by molar-refractivity contribution is -0.173. The third-order valence-electron chi connectivity index (χ3n) is 12.2. The Morgan fingerprint density at radius 1 is 0.944 bits per heavy atom. The van der Waals surface area contributed by atoms with Crippen LogP contribution in [0.25, 0.3) is 0 Å². The second-order valence-corrected chi connectivity index (χ2v) is 13.9. The minimum atomic E-state index is -1.21. The quantitative estimate of drug-likeness (QED) is 0.289. The zero-order chi connectivity index (χ0) is 26.5. The van der Waals surface area contributed by atoms with Gasteiger partial charge in [-0.3, -0.25) is 19.6 Å². The number of carbonyl (C=O) groups is 3. The van der Waals surface area contributed by atoms with Crippen LogP contribution in [0.3, 0.4) is 0 Å². The molecule has 0 heterocycles. The fourth-order valence-electron chi connectivity index (χ4n) is 9.19. The Labute approximate surface area is 214 Å². The van der Waals surface area contributed by atoms with Gasteiger partial charge in [0.15, 0.2) is 0 Å². The van der Waals surface area contributed by atoms with E-state index < -0.39 is 22.4 Å². The highest BCUT2D eigenvalue weighted by Gasteiger charge is 2.67. The minimum Gasteiger partial charge on any atom is -0.395 e. The molecular weight excluding hydrogens is 454 g/mol. The number of hydroxylamine groups is 1. The van der Waals surface area contributed by atoms with Crippen molar-refractivity contribution in [2.75, 3.05) is 6.61 Å². The zero-order valence-electron chi connectivity index (χ0n) is 22.6. The van der Waals surface area contributed by atoms with E-state index in [-0.39, 0.29) is 34.2 Å². The summed E-state index contributed by atoms with van der Waals surface area (Å²) in [5, 5.41) is 19.7. The second kappa shape index (κ2) is 7.50. The Hall–Kier alpha value is -2.05. The van der Waals surface area contributed by atoms with E-state index in [0.29, 0.717) is 5.92 Å². The van der Waals surface area contributed by atoms with Gasteiger partial charge in [-0.2, -0.15) is 0 Å². The SMILES string of the molecule is C[C@@]1(C(=O)NO)CC[C@]2(C)CC[C@]3(C)C4=CC=C5C(=CC(=O)C(=O)[C@@]5(C)CO)[C@]4(C)CC[C@@]3(C)[C@@H]2C1. The minimum absolute atomic E-state index is 0.0660. The molecule has 0 bridgehead atoms. The van der Waals surface area contributed by atoms with Crippen molar-refractivity contribution in [2.24, 2.45) is 38.4 Å². The summed E-state index contributed by atoms with van der Waals surface area (Å²) < 4.78 is 0. The molecule has 6 nitrogen and oxygen atoms in total. The molecule has 0 aliphatic heterocycles. The number of aliphatic hydroxyl groups is 1. The number of hydrogen-bond donors (Lipinski definition) is 3. The monoisotopic (exact) mass is 495 g/mol. The van der Waals surface area contributed by atoms with Gasteiger partial charge in [-0.25, -0.2) is 5.48 Å². The number of aliphatic hydroxyl groups excluding tert-OH is 1. The van der Waals surface area contributed by atoms with Crippen molar-refractivity contribution >= 4 is 17.5 Å². The summed E-state index contributed by atoms with van der Waals surface area (Å²) in [5.41, 5.74) is 2.63. The van der Waals surface area contributed by atoms with Crippen LogP contribution in [0.1, 0.15) is 86.5 Å². The van der Waals surface area contributed by atoms with Crippen molar-refractivity contribution in [1.82, 2.24) is 5.48 Å². The molecule has 0 spiro atoms. The molecule has 5 aliphatic carbocycles. The van der Waals surface area contributed by atoms with Crippen LogP contribution in [0.15, 0.2) is 34.9 Å². The van der Waals surface area contributed by atoms with Gasteiger partial charge < -0.3 is 5.11 Å². The van der Waals surface area contributed by atoms with E-state index >= 15 is 0 Å². The van der Waals surface area contributed by atoms with Gasteiger partial charge in [0, 0.05) is 10.8 Å². The molecule has 0 saturated heterocycles. The molecule has 3 fully saturated rings. The molecule has 7 atom stereocenters. The number of carbonyl (C=O) groups excluding carboxylic acids is 3. The standard InChI is InChI=1S/C30H41NO5/c1-25-9-10-26(2,24(35)31-36)16-22(25)30(6)14-12-27(3)19-15-20(33)23(34)28(4,17-32)18(19)7-8-21(27)29(30,5)13-11-25/h7-8,15,22,32,36H,9-14,16-17H2,1-6H3,(H,31,35)/t22-,25-,26-,27+,28+,29-,30+/m1/s1. The number of hydrogen-bond acceptors (Lipinski definition) is 5. The van der Waals surface area contributed by atoms with E-state index in [4.69, 9.17) is 0 Å². The van der Waals surface area contributed by atoms with Crippen molar-refractivity contribution in [3.8, 4) is 0 Å². The first-order chi connectivity index (χ1) is 16.7. The Bertz CT molecular complexity index is 1170. The first-order valence-corrected chi connectivity index (χ1v) is 13.5. The first-order valence-electron chi connectivity index (χ1n) is 13.5. The van der Waals surface area contributed by atoms with Crippen molar-refractivity contribution in [2.45, 2.75) is 86.5 Å². The maximum absolute atomic E-state index is 12.8. The fraction of sp³-hybridized carbons (Fsp3) is 0.700. The zero-order valence-corrected chi connectivity index (χ0v) is 22.6. The van der Waals surface area contributed by atoms with Gasteiger partial charge in [-0.15, -0.1) is 0 Å². The average Bonchev–Trinajstić information content (AvgIpc) is 2.85. The average molecular weight is 496 g/mol. The Morgan fingerprint density at radius 3 is 2.25 bits per heavy atom.